The van der Waals surface area contributed by atoms with Crippen molar-refractivity contribution >= 4 is 27.7 Å². The minimum atomic E-state index is 0.623. The van der Waals surface area contributed by atoms with Crippen molar-refractivity contribution in [2.75, 3.05) is 0 Å². The molecule has 0 saturated carbocycles. The fraction of sp³-hybridized carbons (Fsp3) is 0. The molecule has 2 aromatic carbocycles. The molecule has 0 amide bonds. The maximum absolute atomic E-state index is 11.4. The van der Waals surface area contributed by atoms with Gasteiger partial charge in [0.05, 0.1) is 11.6 Å². The van der Waals surface area contributed by atoms with Crippen LogP contribution in [0.15, 0.2) is 48.5 Å². The number of rotatable bonds is 2. The number of fused-ring (bicyclic) bond motifs is 1. The molecular weight excluding hydrogens is 254 g/mol. The zero-order chi connectivity index (χ0) is 13.2. The molecule has 0 fully saturated rings. The molecule has 0 radical (unpaired) electrons. The number of thiophene rings is 1. The standard InChI is InChI=1S/C16H9NOS/c17-9-11-5-7-12(8-6-11)16-14(10-18)13-3-1-2-4-15(13)19-16/h1-8,10H. The predicted molar refractivity (Wildman–Crippen MR) is 77.4 cm³/mol. The van der Waals surface area contributed by atoms with Crippen molar-refractivity contribution in [3.05, 3.63) is 59.7 Å². The Morgan fingerprint density at radius 2 is 1.79 bits per heavy atom. The molecule has 2 nitrogen and oxygen atoms in total. The first-order valence-corrected chi connectivity index (χ1v) is 6.62. The molecule has 0 aliphatic carbocycles. The van der Waals surface area contributed by atoms with Crippen molar-refractivity contribution in [2.45, 2.75) is 0 Å². The Morgan fingerprint density at radius 3 is 2.47 bits per heavy atom. The van der Waals surface area contributed by atoms with Crippen LogP contribution in [0.4, 0.5) is 0 Å². The summed E-state index contributed by atoms with van der Waals surface area (Å²) in [5.41, 5.74) is 2.32. The van der Waals surface area contributed by atoms with Gasteiger partial charge in [0, 0.05) is 20.5 Å². The van der Waals surface area contributed by atoms with Crippen molar-refractivity contribution in [1.82, 2.24) is 0 Å². The quantitative estimate of drug-likeness (QED) is 0.648. The van der Waals surface area contributed by atoms with Crippen LogP contribution in [-0.2, 0) is 0 Å². The van der Waals surface area contributed by atoms with Crippen molar-refractivity contribution in [2.24, 2.45) is 0 Å². The molecule has 19 heavy (non-hydrogen) atoms. The van der Waals surface area contributed by atoms with Gasteiger partial charge in [-0.2, -0.15) is 5.26 Å². The highest BCUT2D eigenvalue weighted by Gasteiger charge is 2.12. The van der Waals surface area contributed by atoms with Crippen molar-refractivity contribution < 1.29 is 4.79 Å². The fourth-order valence-electron chi connectivity index (χ4n) is 2.09. The summed E-state index contributed by atoms with van der Waals surface area (Å²) >= 11 is 1.60. The van der Waals surface area contributed by atoms with Crippen LogP contribution >= 0.6 is 11.3 Å². The molecule has 1 heterocycles. The van der Waals surface area contributed by atoms with Gasteiger partial charge in [-0.05, 0) is 23.8 Å². The summed E-state index contributed by atoms with van der Waals surface area (Å²) in [6.45, 7) is 0. The monoisotopic (exact) mass is 263 g/mol. The number of hydrogen-bond donors (Lipinski definition) is 0. The van der Waals surface area contributed by atoms with Crippen molar-refractivity contribution in [1.29, 1.82) is 5.26 Å². The smallest absolute Gasteiger partial charge is 0.152 e. The first-order valence-electron chi connectivity index (χ1n) is 5.80. The van der Waals surface area contributed by atoms with E-state index in [2.05, 4.69) is 6.07 Å². The highest BCUT2D eigenvalue weighted by atomic mass is 32.1. The van der Waals surface area contributed by atoms with Gasteiger partial charge in [0.15, 0.2) is 6.29 Å². The number of carbonyl (C=O) groups is 1. The number of nitrogens with zero attached hydrogens (tertiary/aromatic N) is 1. The van der Waals surface area contributed by atoms with E-state index in [1.165, 1.54) is 0 Å². The number of benzene rings is 2. The Labute approximate surface area is 114 Å². The molecule has 3 rings (SSSR count). The van der Waals surface area contributed by atoms with Crippen LogP contribution in [0.5, 0.6) is 0 Å². The van der Waals surface area contributed by atoms with Gasteiger partial charge < -0.3 is 0 Å². The second-order valence-corrected chi connectivity index (χ2v) is 5.20. The van der Waals surface area contributed by atoms with Crippen molar-refractivity contribution in [3.8, 4) is 16.5 Å². The summed E-state index contributed by atoms with van der Waals surface area (Å²) < 4.78 is 1.10. The molecule has 0 saturated heterocycles. The normalized spacial score (nSPS) is 10.3. The highest BCUT2D eigenvalue weighted by Crippen LogP contribution is 2.37. The Morgan fingerprint density at radius 1 is 1.05 bits per heavy atom. The van der Waals surface area contributed by atoms with Crippen molar-refractivity contribution in [3.63, 3.8) is 0 Å². The van der Waals surface area contributed by atoms with Crippen LogP contribution in [0.3, 0.4) is 0 Å². The molecule has 0 bridgehead atoms. The topological polar surface area (TPSA) is 40.9 Å². The van der Waals surface area contributed by atoms with E-state index in [1.54, 1.807) is 23.5 Å². The van der Waals surface area contributed by atoms with E-state index in [4.69, 9.17) is 5.26 Å². The van der Waals surface area contributed by atoms with E-state index >= 15 is 0 Å². The maximum Gasteiger partial charge on any atom is 0.152 e. The largest absolute Gasteiger partial charge is 0.298 e. The number of hydrogen-bond acceptors (Lipinski definition) is 3. The van der Waals surface area contributed by atoms with Crippen LogP contribution in [0.1, 0.15) is 15.9 Å². The Balaban J connectivity index is 2.24. The van der Waals surface area contributed by atoms with Gasteiger partial charge in [-0.25, -0.2) is 0 Å². The highest BCUT2D eigenvalue weighted by molar-refractivity contribution is 7.22. The lowest BCUT2D eigenvalue weighted by atomic mass is 10.1. The van der Waals surface area contributed by atoms with Crippen LogP contribution < -0.4 is 0 Å². The molecule has 3 heteroatoms. The first-order chi connectivity index (χ1) is 9.33. The van der Waals surface area contributed by atoms with Gasteiger partial charge in [0.2, 0.25) is 0 Å². The third-order valence-electron chi connectivity index (χ3n) is 3.03. The minimum Gasteiger partial charge on any atom is -0.298 e. The second kappa shape index (κ2) is 4.68. The lowest BCUT2D eigenvalue weighted by molar-refractivity contribution is 0.112. The van der Waals surface area contributed by atoms with E-state index in [9.17, 15) is 4.79 Å². The van der Waals surface area contributed by atoms with Gasteiger partial charge in [0.25, 0.3) is 0 Å². The SMILES string of the molecule is N#Cc1ccc(-c2sc3ccccc3c2C=O)cc1. The molecule has 0 spiro atoms. The number of nitriles is 1. The van der Waals surface area contributed by atoms with E-state index in [-0.39, 0.29) is 0 Å². The molecule has 3 aromatic rings. The van der Waals surface area contributed by atoms with E-state index in [0.717, 1.165) is 32.4 Å². The molecular formula is C16H9NOS. The third-order valence-corrected chi connectivity index (χ3v) is 4.26. The second-order valence-electron chi connectivity index (χ2n) is 4.15. The average Bonchev–Trinajstić information content (AvgIpc) is 2.85. The van der Waals surface area contributed by atoms with E-state index in [0.29, 0.717) is 5.56 Å². The minimum absolute atomic E-state index is 0.623. The Bertz CT molecular complexity index is 794. The summed E-state index contributed by atoms with van der Waals surface area (Å²) in [5.74, 6) is 0. The summed E-state index contributed by atoms with van der Waals surface area (Å²) in [7, 11) is 0. The Kier molecular flexibility index (Phi) is 2.86. The van der Waals surface area contributed by atoms with Gasteiger partial charge >= 0.3 is 0 Å². The summed E-state index contributed by atoms with van der Waals surface area (Å²) in [5, 5.41) is 9.80. The zero-order valence-corrected chi connectivity index (χ0v) is 10.8. The maximum atomic E-state index is 11.4. The molecule has 0 N–H and O–H groups in total. The van der Waals surface area contributed by atoms with Crippen LogP contribution in [0, 0.1) is 11.3 Å². The lowest BCUT2D eigenvalue weighted by Crippen LogP contribution is -1.82. The van der Waals surface area contributed by atoms with Crippen LogP contribution in [0.25, 0.3) is 20.5 Å². The molecule has 90 valence electrons. The summed E-state index contributed by atoms with van der Waals surface area (Å²) in [6, 6.07) is 17.3. The van der Waals surface area contributed by atoms with E-state index < -0.39 is 0 Å². The molecule has 1 aromatic heterocycles. The van der Waals surface area contributed by atoms with Gasteiger partial charge in [-0.15, -0.1) is 11.3 Å². The van der Waals surface area contributed by atoms with Gasteiger partial charge in [0.1, 0.15) is 0 Å². The third kappa shape index (κ3) is 1.92. The summed E-state index contributed by atoms with van der Waals surface area (Å²) in [6.07, 6.45) is 0.909. The Hall–Kier alpha value is -2.44. The molecule has 0 aliphatic rings. The number of carbonyl (C=O) groups excluding carboxylic acids is 1. The van der Waals surface area contributed by atoms with Crippen LogP contribution in [0.2, 0.25) is 0 Å². The lowest BCUT2D eigenvalue weighted by Gasteiger charge is -1.99. The molecule has 0 aliphatic heterocycles. The summed E-state index contributed by atoms with van der Waals surface area (Å²) in [4.78, 5) is 12.3. The van der Waals surface area contributed by atoms with Crippen LogP contribution in [-0.4, -0.2) is 6.29 Å². The average molecular weight is 263 g/mol. The van der Waals surface area contributed by atoms with Gasteiger partial charge in [-0.1, -0.05) is 30.3 Å². The molecule has 0 atom stereocenters. The first kappa shape index (κ1) is 11.6. The molecule has 0 unspecified atom stereocenters. The fourth-order valence-corrected chi connectivity index (χ4v) is 3.27. The van der Waals surface area contributed by atoms with Gasteiger partial charge in [-0.3, -0.25) is 4.79 Å². The number of aldehydes is 1. The zero-order valence-electron chi connectivity index (χ0n) is 9.96. The predicted octanol–water partition coefficient (Wildman–Crippen LogP) is 4.25. The van der Waals surface area contributed by atoms with E-state index in [1.807, 2.05) is 36.4 Å².